The Morgan fingerprint density at radius 2 is 2.24 bits per heavy atom. The van der Waals surface area contributed by atoms with Crippen molar-refractivity contribution in [3.8, 4) is 0 Å². The van der Waals surface area contributed by atoms with E-state index in [0.717, 1.165) is 35.9 Å². The van der Waals surface area contributed by atoms with Gasteiger partial charge in [0.1, 0.15) is 0 Å². The summed E-state index contributed by atoms with van der Waals surface area (Å²) in [6.45, 7) is 3.60. The second-order valence-corrected chi connectivity index (χ2v) is 5.48. The number of aliphatic hydroxyl groups excluding tert-OH is 1. The number of benzene rings is 1. The number of rotatable bonds is 4. The van der Waals surface area contributed by atoms with Crippen molar-refractivity contribution < 1.29 is 9.84 Å². The molecule has 2 heterocycles. The highest BCUT2D eigenvalue weighted by Crippen LogP contribution is 2.29. The summed E-state index contributed by atoms with van der Waals surface area (Å²) in [5.74, 6) is 0. The van der Waals surface area contributed by atoms with Crippen LogP contribution < -0.4 is 5.32 Å². The smallest absolute Gasteiger partial charge is 0.0975 e. The maximum absolute atomic E-state index is 10.9. The van der Waals surface area contributed by atoms with Gasteiger partial charge in [-0.2, -0.15) is 0 Å². The molecular formula is C17H22N2O2. The van der Waals surface area contributed by atoms with Crippen molar-refractivity contribution in [3.63, 3.8) is 0 Å². The zero-order valence-electron chi connectivity index (χ0n) is 12.3. The number of hydrogen-bond acceptors (Lipinski definition) is 4. The largest absolute Gasteiger partial charge is 0.387 e. The minimum absolute atomic E-state index is 0.0608. The van der Waals surface area contributed by atoms with Gasteiger partial charge in [-0.3, -0.25) is 4.98 Å². The molecule has 0 saturated carbocycles. The summed E-state index contributed by atoms with van der Waals surface area (Å²) in [6, 6.07) is 9.78. The zero-order chi connectivity index (χ0) is 14.7. The third kappa shape index (κ3) is 2.93. The van der Waals surface area contributed by atoms with Gasteiger partial charge in [-0.15, -0.1) is 0 Å². The summed E-state index contributed by atoms with van der Waals surface area (Å²) >= 11 is 0. The van der Waals surface area contributed by atoms with Gasteiger partial charge >= 0.3 is 0 Å². The molecule has 1 aromatic carbocycles. The van der Waals surface area contributed by atoms with Crippen molar-refractivity contribution in [3.05, 3.63) is 42.1 Å². The average molecular weight is 286 g/mol. The van der Waals surface area contributed by atoms with Crippen LogP contribution in [0.5, 0.6) is 0 Å². The molecule has 112 valence electrons. The van der Waals surface area contributed by atoms with Crippen LogP contribution in [0.3, 0.4) is 0 Å². The van der Waals surface area contributed by atoms with Crippen molar-refractivity contribution >= 4 is 10.9 Å². The number of aromatic nitrogens is 1. The van der Waals surface area contributed by atoms with Crippen LogP contribution in [0.15, 0.2) is 36.5 Å². The number of para-hydroxylation sites is 1. The molecule has 4 heteroatoms. The predicted octanol–water partition coefficient (Wildman–Crippen LogP) is 2.43. The molecule has 0 amide bonds. The first-order chi connectivity index (χ1) is 10.3. The second kappa shape index (κ2) is 6.52. The van der Waals surface area contributed by atoms with Gasteiger partial charge in [0.05, 0.1) is 23.8 Å². The van der Waals surface area contributed by atoms with Gasteiger partial charge in [-0.05, 0) is 44.0 Å². The fraction of sp³-hybridized carbons (Fsp3) is 0.471. The molecule has 1 aliphatic heterocycles. The lowest BCUT2D eigenvalue weighted by Gasteiger charge is -2.35. The van der Waals surface area contributed by atoms with E-state index < -0.39 is 6.10 Å². The first kappa shape index (κ1) is 14.4. The van der Waals surface area contributed by atoms with Gasteiger partial charge in [0.15, 0.2) is 0 Å². The second-order valence-electron chi connectivity index (χ2n) is 5.48. The predicted molar refractivity (Wildman–Crippen MR) is 83.1 cm³/mol. The van der Waals surface area contributed by atoms with Crippen LogP contribution in [0.25, 0.3) is 10.9 Å². The lowest BCUT2D eigenvalue weighted by atomic mass is 9.91. The van der Waals surface area contributed by atoms with Crippen LogP contribution in [-0.4, -0.2) is 35.4 Å². The Kier molecular flexibility index (Phi) is 4.48. The van der Waals surface area contributed by atoms with Crippen molar-refractivity contribution in [2.24, 2.45) is 0 Å². The van der Waals surface area contributed by atoms with Crippen molar-refractivity contribution in [1.29, 1.82) is 0 Å². The van der Waals surface area contributed by atoms with Crippen LogP contribution in [0.2, 0.25) is 0 Å². The number of ether oxygens (including phenoxy) is 1. The van der Waals surface area contributed by atoms with E-state index in [4.69, 9.17) is 4.74 Å². The first-order valence-corrected chi connectivity index (χ1v) is 7.68. The van der Waals surface area contributed by atoms with Crippen LogP contribution in [0, 0.1) is 0 Å². The van der Waals surface area contributed by atoms with Gasteiger partial charge in [0, 0.05) is 18.2 Å². The van der Waals surface area contributed by atoms with Crippen LogP contribution in [0.1, 0.15) is 31.4 Å². The molecule has 0 radical (unpaired) electrons. The minimum Gasteiger partial charge on any atom is -0.387 e. The number of hydrogen-bond donors (Lipinski definition) is 2. The van der Waals surface area contributed by atoms with Crippen molar-refractivity contribution in [1.82, 2.24) is 10.3 Å². The molecule has 4 nitrogen and oxygen atoms in total. The lowest BCUT2D eigenvalue weighted by molar-refractivity contribution is -0.0283. The molecule has 1 aromatic heterocycles. The highest BCUT2D eigenvalue weighted by atomic mass is 16.5. The molecule has 1 aliphatic rings. The van der Waals surface area contributed by atoms with Crippen LogP contribution >= 0.6 is 0 Å². The fourth-order valence-corrected chi connectivity index (χ4v) is 3.17. The number of aliphatic hydroxyl groups is 1. The first-order valence-electron chi connectivity index (χ1n) is 7.68. The Bertz CT molecular complexity index is 595. The van der Waals surface area contributed by atoms with Crippen molar-refractivity contribution in [2.75, 3.05) is 13.2 Å². The SMILES string of the molecule is CCOC1CCCNC1C(O)c1ccnc2ccccc12. The van der Waals surface area contributed by atoms with E-state index in [1.807, 2.05) is 37.3 Å². The standard InChI is InChI=1S/C17H22N2O2/c1-2-21-15-8-5-10-19-16(15)17(20)13-9-11-18-14-7-4-3-6-12(13)14/h3-4,6-7,9,11,15-17,19-20H,2,5,8,10H2,1H3. The fourth-order valence-electron chi connectivity index (χ4n) is 3.17. The number of pyridine rings is 1. The van der Waals surface area contributed by atoms with E-state index in [0.29, 0.717) is 6.61 Å². The van der Waals surface area contributed by atoms with Gasteiger partial charge < -0.3 is 15.2 Å². The number of fused-ring (bicyclic) bond motifs is 1. The zero-order valence-corrected chi connectivity index (χ0v) is 12.3. The normalized spacial score (nSPS) is 24.1. The van der Waals surface area contributed by atoms with E-state index in [1.54, 1.807) is 6.20 Å². The van der Waals surface area contributed by atoms with Gasteiger partial charge in [0.25, 0.3) is 0 Å². The van der Waals surface area contributed by atoms with Gasteiger partial charge in [-0.1, -0.05) is 18.2 Å². The molecule has 3 rings (SSSR count). The number of nitrogens with one attached hydrogen (secondary N) is 1. The molecule has 3 unspecified atom stereocenters. The molecule has 0 aliphatic carbocycles. The molecular weight excluding hydrogens is 264 g/mol. The Balaban J connectivity index is 1.93. The van der Waals surface area contributed by atoms with E-state index in [-0.39, 0.29) is 12.1 Å². The Morgan fingerprint density at radius 1 is 1.38 bits per heavy atom. The van der Waals surface area contributed by atoms with E-state index in [1.165, 1.54) is 0 Å². The number of piperidine rings is 1. The van der Waals surface area contributed by atoms with Gasteiger partial charge in [-0.25, -0.2) is 0 Å². The summed E-state index contributed by atoms with van der Waals surface area (Å²) in [4.78, 5) is 4.36. The van der Waals surface area contributed by atoms with Crippen LogP contribution in [-0.2, 0) is 4.74 Å². The molecule has 2 N–H and O–H groups in total. The number of nitrogens with zero attached hydrogens (tertiary/aromatic N) is 1. The van der Waals surface area contributed by atoms with Gasteiger partial charge in [0.2, 0.25) is 0 Å². The maximum atomic E-state index is 10.9. The summed E-state index contributed by atoms with van der Waals surface area (Å²) in [7, 11) is 0. The summed E-state index contributed by atoms with van der Waals surface area (Å²) < 4.78 is 5.81. The highest BCUT2D eigenvalue weighted by Gasteiger charge is 2.32. The minimum atomic E-state index is -0.588. The maximum Gasteiger partial charge on any atom is 0.0975 e. The quantitative estimate of drug-likeness (QED) is 0.906. The Labute approximate surface area is 125 Å². The molecule has 21 heavy (non-hydrogen) atoms. The molecule has 2 aromatic rings. The lowest BCUT2D eigenvalue weighted by Crippen LogP contribution is -2.49. The summed E-state index contributed by atoms with van der Waals surface area (Å²) in [5, 5.41) is 15.3. The highest BCUT2D eigenvalue weighted by molar-refractivity contribution is 5.82. The van der Waals surface area contributed by atoms with E-state index >= 15 is 0 Å². The summed E-state index contributed by atoms with van der Waals surface area (Å²) in [5.41, 5.74) is 1.84. The van der Waals surface area contributed by atoms with Crippen LogP contribution in [0.4, 0.5) is 0 Å². The third-order valence-corrected chi connectivity index (χ3v) is 4.17. The summed E-state index contributed by atoms with van der Waals surface area (Å²) in [6.07, 6.45) is 3.32. The molecule has 0 bridgehead atoms. The molecule has 0 spiro atoms. The topological polar surface area (TPSA) is 54.4 Å². The van der Waals surface area contributed by atoms with E-state index in [2.05, 4.69) is 10.3 Å². The molecule has 3 atom stereocenters. The molecule has 1 fully saturated rings. The monoisotopic (exact) mass is 286 g/mol. The third-order valence-electron chi connectivity index (χ3n) is 4.17. The average Bonchev–Trinajstić information content (AvgIpc) is 2.54. The Hall–Kier alpha value is -1.49. The molecule has 1 saturated heterocycles. The Morgan fingerprint density at radius 3 is 3.10 bits per heavy atom. The van der Waals surface area contributed by atoms with E-state index in [9.17, 15) is 5.11 Å². The van der Waals surface area contributed by atoms with Crippen molar-refractivity contribution in [2.45, 2.75) is 38.0 Å².